The lowest BCUT2D eigenvalue weighted by Crippen LogP contribution is -2.08. The Morgan fingerprint density at radius 1 is 0.386 bits per heavy atom. The fourth-order valence-electron chi connectivity index (χ4n) is 9.63. The normalized spacial score (nSPS) is 11.8. The third-order valence-electron chi connectivity index (χ3n) is 12.9. The van der Waals surface area contributed by atoms with Crippen molar-refractivity contribution in [2.45, 2.75) is 0 Å². The van der Waals surface area contributed by atoms with Crippen molar-refractivity contribution in [3.63, 3.8) is 0 Å². The largest absolute Gasteiger partial charge is 0.455 e. The molecule has 0 atom stereocenters. The highest BCUT2D eigenvalue weighted by atomic mass is 32.1. The maximum Gasteiger partial charge on any atom is 0.200 e. The average Bonchev–Trinajstić information content (AvgIpc) is 4.14. The minimum absolute atomic E-state index is 0.0445. The lowest BCUT2D eigenvalue weighted by Gasteiger charge is -2.12. The highest BCUT2D eigenvalue weighted by Gasteiger charge is 2.30. The number of fused-ring (bicyclic) bond motifs is 7. The molecule has 0 aliphatic carbocycles. The minimum atomic E-state index is -2.29. The van der Waals surface area contributed by atoms with Crippen molar-refractivity contribution in [2.24, 2.45) is 0 Å². The van der Waals surface area contributed by atoms with E-state index in [2.05, 4.69) is 69.4 Å². The maximum atomic E-state index is 15.8. The fourth-order valence-corrected chi connectivity index (χ4v) is 10.8. The van der Waals surface area contributed by atoms with Crippen molar-refractivity contribution in [3.05, 3.63) is 217 Å². The van der Waals surface area contributed by atoms with Crippen LogP contribution in [0.3, 0.4) is 0 Å². The van der Waals surface area contributed by atoms with Crippen LogP contribution in [-0.4, -0.2) is 19.5 Å². The SMILES string of the molecule is Fc1c(F)c(F)c(-c2nc(-c3cccc4c3oc3c(-c5ccccc5-c5ccccc5)cccc34)nc(-c3cccc4c3sc3ccc(-c5ccccc5-n5cc6ccccc6c5)cc34)n2)c(F)c1F. The van der Waals surface area contributed by atoms with Crippen LogP contribution >= 0.6 is 11.3 Å². The highest BCUT2D eigenvalue weighted by Crippen LogP contribution is 2.45. The molecule has 4 heterocycles. The van der Waals surface area contributed by atoms with Crippen LogP contribution in [0, 0.1) is 29.1 Å². The van der Waals surface area contributed by atoms with E-state index in [1.807, 2.05) is 115 Å². The van der Waals surface area contributed by atoms with Crippen LogP contribution in [0.5, 0.6) is 0 Å². The quantitative estimate of drug-likeness (QED) is 0.0907. The summed E-state index contributed by atoms with van der Waals surface area (Å²) in [6.07, 6.45) is 4.22. The number of halogens is 5. The van der Waals surface area contributed by atoms with Crippen LogP contribution in [0.15, 0.2) is 193 Å². The molecular weight excluding hydrogens is 908 g/mol. The van der Waals surface area contributed by atoms with E-state index in [-0.39, 0.29) is 11.6 Å². The van der Waals surface area contributed by atoms with Gasteiger partial charge in [0.05, 0.1) is 16.8 Å². The van der Waals surface area contributed by atoms with Gasteiger partial charge in [0.25, 0.3) is 0 Å². The van der Waals surface area contributed by atoms with E-state index in [4.69, 9.17) is 9.40 Å². The van der Waals surface area contributed by atoms with E-state index in [1.54, 1.807) is 18.2 Å². The van der Waals surface area contributed by atoms with E-state index in [1.165, 1.54) is 11.3 Å². The fraction of sp³-hybridized carbons (Fsp3) is 0. The van der Waals surface area contributed by atoms with Crippen molar-refractivity contribution >= 4 is 64.2 Å². The molecule has 4 aromatic heterocycles. The molecule has 11 heteroatoms. The predicted molar refractivity (Wildman–Crippen MR) is 269 cm³/mol. The number of nitrogens with zero attached hydrogens (tertiary/aromatic N) is 4. The summed E-state index contributed by atoms with van der Waals surface area (Å²) >= 11 is 1.47. The first kappa shape index (κ1) is 41.4. The molecule has 334 valence electrons. The zero-order valence-corrected chi connectivity index (χ0v) is 37.2. The molecule has 0 saturated carbocycles. The molecule has 13 rings (SSSR count). The number of para-hydroxylation sites is 3. The Hall–Kier alpha value is -8.80. The molecule has 0 unspecified atom stereocenters. The number of aromatic nitrogens is 4. The Morgan fingerprint density at radius 3 is 1.63 bits per heavy atom. The smallest absolute Gasteiger partial charge is 0.200 e. The van der Waals surface area contributed by atoms with E-state index >= 15 is 17.6 Å². The topological polar surface area (TPSA) is 56.7 Å². The first-order chi connectivity index (χ1) is 34.3. The third-order valence-corrected chi connectivity index (χ3v) is 14.1. The minimum Gasteiger partial charge on any atom is -0.455 e. The molecule has 0 fully saturated rings. The molecule has 0 bridgehead atoms. The Kier molecular flexibility index (Phi) is 9.57. The van der Waals surface area contributed by atoms with Crippen LogP contribution in [0.25, 0.3) is 126 Å². The molecule has 0 radical (unpaired) electrons. The Balaban J connectivity index is 1.00. The monoisotopic (exact) mass is 938 g/mol. The van der Waals surface area contributed by atoms with Crippen molar-refractivity contribution in [3.8, 4) is 73.2 Å². The molecule has 5 nitrogen and oxygen atoms in total. The van der Waals surface area contributed by atoms with Crippen LogP contribution in [-0.2, 0) is 0 Å². The standard InChI is InChI=1S/C59H31F5N4OS/c60-49-48(50(61)52(63)53(64)51(49)62)59-66-57(43-24-11-22-41-40-21-10-20-39(54(40)69-55(41)43)38-19-7-6-17-36(38)32-13-2-1-3-14-32)65-58(67-59)44-25-12-23-42-45-29-33(27-28-47(45)70-56(42)44)37-18-8-9-26-46(37)68-30-34-15-4-5-16-35(34)31-68/h1-31H. The molecule has 70 heavy (non-hydrogen) atoms. The van der Waals surface area contributed by atoms with Gasteiger partial charge in [-0.1, -0.05) is 146 Å². The number of hydrogen-bond donors (Lipinski definition) is 0. The van der Waals surface area contributed by atoms with E-state index < -0.39 is 40.5 Å². The van der Waals surface area contributed by atoms with Crippen LogP contribution < -0.4 is 0 Å². The summed E-state index contributed by atoms with van der Waals surface area (Å²) in [5.41, 5.74) is 7.18. The van der Waals surface area contributed by atoms with Crippen LogP contribution in [0.2, 0.25) is 0 Å². The second-order valence-electron chi connectivity index (χ2n) is 16.9. The summed E-state index contributed by atoms with van der Waals surface area (Å²) in [6.45, 7) is 0. The summed E-state index contributed by atoms with van der Waals surface area (Å²) < 4.78 is 86.8. The summed E-state index contributed by atoms with van der Waals surface area (Å²) in [5.74, 6) is -11.5. The molecule has 0 amide bonds. The summed E-state index contributed by atoms with van der Waals surface area (Å²) in [6, 6.07) is 57.4. The van der Waals surface area contributed by atoms with E-state index in [0.717, 1.165) is 75.4 Å². The Labute approximate surface area is 399 Å². The molecule has 13 aromatic rings. The summed E-state index contributed by atoms with van der Waals surface area (Å²) in [7, 11) is 0. The van der Waals surface area contributed by atoms with E-state index in [0.29, 0.717) is 27.7 Å². The number of hydrogen-bond acceptors (Lipinski definition) is 5. The van der Waals surface area contributed by atoms with Gasteiger partial charge in [0.2, 0.25) is 5.82 Å². The first-order valence-corrected chi connectivity index (χ1v) is 23.1. The number of furan rings is 1. The maximum absolute atomic E-state index is 15.8. The van der Waals surface area contributed by atoms with Crippen molar-refractivity contribution in [1.82, 2.24) is 19.5 Å². The second kappa shape index (κ2) is 16.2. The molecule has 9 aromatic carbocycles. The van der Waals surface area contributed by atoms with Gasteiger partial charge < -0.3 is 8.98 Å². The highest BCUT2D eigenvalue weighted by molar-refractivity contribution is 7.26. The number of rotatable bonds is 7. The van der Waals surface area contributed by atoms with Crippen LogP contribution in [0.4, 0.5) is 22.0 Å². The number of thiophene rings is 1. The molecule has 0 aliphatic rings. The first-order valence-electron chi connectivity index (χ1n) is 22.3. The second-order valence-corrected chi connectivity index (χ2v) is 18.0. The predicted octanol–water partition coefficient (Wildman–Crippen LogP) is 16.8. The van der Waals surface area contributed by atoms with Gasteiger partial charge in [-0.2, -0.15) is 0 Å². The van der Waals surface area contributed by atoms with Gasteiger partial charge in [-0.05, 0) is 63.4 Å². The van der Waals surface area contributed by atoms with Gasteiger partial charge in [0.15, 0.2) is 40.7 Å². The Bertz CT molecular complexity index is 4210. The summed E-state index contributed by atoms with van der Waals surface area (Å²) in [4.78, 5) is 13.9. The van der Waals surface area contributed by atoms with Crippen molar-refractivity contribution < 1.29 is 26.4 Å². The lowest BCUT2D eigenvalue weighted by atomic mass is 9.93. The van der Waals surface area contributed by atoms with Crippen molar-refractivity contribution in [2.75, 3.05) is 0 Å². The zero-order valence-electron chi connectivity index (χ0n) is 36.4. The molecule has 0 N–H and O–H groups in total. The van der Waals surface area contributed by atoms with Gasteiger partial charge in [-0.3, -0.25) is 0 Å². The molecule has 0 saturated heterocycles. The van der Waals surface area contributed by atoms with Gasteiger partial charge in [-0.15, -0.1) is 11.3 Å². The lowest BCUT2D eigenvalue weighted by molar-refractivity contribution is 0.381. The van der Waals surface area contributed by atoms with Crippen LogP contribution in [0.1, 0.15) is 0 Å². The van der Waals surface area contributed by atoms with E-state index in [9.17, 15) is 4.39 Å². The zero-order chi connectivity index (χ0) is 47.2. The molecule has 0 aliphatic heterocycles. The Morgan fingerprint density at radius 2 is 0.914 bits per heavy atom. The van der Waals surface area contributed by atoms with Gasteiger partial charge in [0.1, 0.15) is 11.2 Å². The third kappa shape index (κ3) is 6.53. The molecule has 0 spiro atoms. The van der Waals surface area contributed by atoms with Crippen molar-refractivity contribution in [1.29, 1.82) is 0 Å². The van der Waals surface area contributed by atoms with Gasteiger partial charge in [-0.25, -0.2) is 36.9 Å². The molecular formula is C59H31F5N4OS. The average molecular weight is 939 g/mol. The summed E-state index contributed by atoms with van der Waals surface area (Å²) in [5, 5.41) is 5.52. The number of benzene rings is 9. The van der Waals surface area contributed by atoms with Gasteiger partial charge >= 0.3 is 0 Å². The van der Waals surface area contributed by atoms with Gasteiger partial charge in [0, 0.05) is 60.0 Å².